The molecule has 0 atom stereocenters. The molecule has 3 heterocycles. The van der Waals surface area contributed by atoms with E-state index in [4.69, 9.17) is 17.0 Å². The molecule has 1 aromatic carbocycles. The molecule has 39 heavy (non-hydrogen) atoms. The minimum atomic E-state index is -0.646. The summed E-state index contributed by atoms with van der Waals surface area (Å²) >= 11 is 8.12. The van der Waals surface area contributed by atoms with E-state index in [1.54, 1.807) is 25.3 Å². The van der Waals surface area contributed by atoms with E-state index in [-0.39, 0.29) is 42.1 Å². The molecule has 8 nitrogen and oxygen atoms in total. The Hall–Kier alpha value is -3.72. The number of methoxy groups -OCH3 is 1. The SMILES string of the molecule is COc1ccc(CCn2c(O)c(C(=O)CCCN3C(=O)/C(=C/c4cccs4)SC3=S)c(C)c(C#N)c2=O)cc1. The highest BCUT2D eigenvalue weighted by Gasteiger charge is 2.32. The number of amides is 1. The highest BCUT2D eigenvalue weighted by Crippen LogP contribution is 2.33. The summed E-state index contributed by atoms with van der Waals surface area (Å²) in [6.45, 7) is 1.80. The van der Waals surface area contributed by atoms with Crippen molar-refractivity contribution in [3.63, 3.8) is 0 Å². The Labute approximate surface area is 239 Å². The fourth-order valence-corrected chi connectivity index (χ4v) is 6.27. The monoisotopic (exact) mass is 579 g/mol. The van der Waals surface area contributed by atoms with Crippen molar-refractivity contribution in [3.8, 4) is 17.7 Å². The number of nitrogens with zero attached hydrogens (tertiary/aromatic N) is 3. The van der Waals surface area contributed by atoms with Crippen molar-refractivity contribution in [2.45, 2.75) is 32.7 Å². The van der Waals surface area contributed by atoms with Crippen molar-refractivity contribution in [1.29, 1.82) is 5.26 Å². The molecule has 0 unspecified atom stereocenters. The van der Waals surface area contributed by atoms with E-state index in [1.807, 2.05) is 35.7 Å². The maximum absolute atomic E-state index is 13.2. The lowest BCUT2D eigenvalue weighted by atomic mass is 9.99. The Balaban J connectivity index is 1.48. The van der Waals surface area contributed by atoms with Crippen LogP contribution >= 0.6 is 35.3 Å². The van der Waals surface area contributed by atoms with Crippen molar-refractivity contribution in [2.75, 3.05) is 13.7 Å². The third-order valence-electron chi connectivity index (χ3n) is 6.34. The number of thioether (sulfide) groups is 1. The van der Waals surface area contributed by atoms with E-state index in [0.29, 0.717) is 27.8 Å². The molecule has 0 bridgehead atoms. The maximum Gasteiger partial charge on any atom is 0.271 e. The lowest BCUT2D eigenvalue weighted by Gasteiger charge is -2.17. The summed E-state index contributed by atoms with van der Waals surface area (Å²) in [5.74, 6) is -0.388. The first-order chi connectivity index (χ1) is 18.7. The second kappa shape index (κ2) is 12.4. The second-order valence-electron chi connectivity index (χ2n) is 8.74. The number of aromatic hydroxyl groups is 1. The summed E-state index contributed by atoms with van der Waals surface area (Å²) in [6.07, 6.45) is 2.49. The highest BCUT2D eigenvalue weighted by atomic mass is 32.2. The smallest absolute Gasteiger partial charge is 0.271 e. The summed E-state index contributed by atoms with van der Waals surface area (Å²) < 4.78 is 6.65. The maximum atomic E-state index is 13.2. The number of aryl methyl sites for hydroxylation is 1. The standard InChI is InChI=1S/C28H25N3O5S3/c1-17-21(16-29)25(33)30(13-11-18-7-9-19(36-2)10-8-18)27(35)24(17)22(32)6-3-12-31-26(34)23(39-28(31)37)15-20-5-4-14-38-20/h4-5,7-10,14-15,35H,3,6,11-13H2,1-2H3/b23-15-. The van der Waals surface area contributed by atoms with E-state index < -0.39 is 17.2 Å². The summed E-state index contributed by atoms with van der Waals surface area (Å²) in [7, 11) is 1.57. The minimum absolute atomic E-state index is 0.00299. The van der Waals surface area contributed by atoms with Crippen molar-refractivity contribution in [2.24, 2.45) is 0 Å². The van der Waals surface area contributed by atoms with Gasteiger partial charge in [-0.05, 0) is 60.5 Å². The van der Waals surface area contributed by atoms with Gasteiger partial charge in [-0.25, -0.2) is 0 Å². The molecular weight excluding hydrogens is 555 g/mol. The van der Waals surface area contributed by atoms with Crippen LogP contribution in [0, 0.1) is 18.3 Å². The van der Waals surface area contributed by atoms with Crippen LogP contribution in [0.15, 0.2) is 51.5 Å². The van der Waals surface area contributed by atoms with Crippen LogP contribution in [0.1, 0.15) is 44.8 Å². The average molecular weight is 580 g/mol. The Kier molecular flexibility index (Phi) is 9.01. The van der Waals surface area contributed by atoms with Crippen molar-refractivity contribution >= 4 is 57.4 Å². The van der Waals surface area contributed by atoms with Crippen LogP contribution in [-0.4, -0.2) is 44.2 Å². The van der Waals surface area contributed by atoms with E-state index in [9.17, 15) is 24.8 Å². The molecule has 0 radical (unpaired) electrons. The first-order valence-corrected chi connectivity index (χ1v) is 14.2. The molecular formula is C28H25N3O5S3. The molecule has 200 valence electrons. The van der Waals surface area contributed by atoms with Gasteiger partial charge < -0.3 is 9.84 Å². The first-order valence-electron chi connectivity index (χ1n) is 12.1. The zero-order chi connectivity index (χ0) is 28.1. The number of hydrogen-bond donors (Lipinski definition) is 1. The molecule has 2 aromatic heterocycles. The zero-order valence-corrected chi connectivity index (χ0v) is 23.8. The van der Waals surface area contributed by atoms with Crippen LogP contribution in [0.25, 0.3) is 6.08 Å². The number of rotatable bonds is 10. The first kappa shape index (κ1) is 28.3. The predicted octanol–water partition coefficient (Wildman–Crippen LogP) is 4.91. The van der Waals surface area contributed by atoms with Crippen LogP contribution in [0.4, 0.5) is 0 Å². The van der Waals surface area contributed by atoms with Crippen LogP contribution in [0.3, 0.4) is 0 Å². The minimum Gasteiger partial charge on any atom is -0.497 e. The molecule has 1 saturated heterocycles. The van der Waals surface area contributed by atoms with Gasteiger partial charge in [-0.15, -0.1) is 11.3 Å². The number of carbonyl (C=O) groups excluding carboxylic acids is 2. The van der Waals surface area contributed by atoms with Gasteiger partial charge in [0.2, 0.25) is 5.88 Å². The van der Waals surface area contributed by atoms with E-state index >= 15 is 0 Å². The fourth-order valence-electron chi connectivity index (χ4n) is 4.24. The van der Waals surface area contributed by atoms with Gasteiger partial charge in [-0.1, -0.05) is 42.2 Å². The van der Waals surface area contributed by atoms with Gasteiger partial charge in [-0.3, -0.25) is 23.9 Å². The number of nitriles is 1. The number of aromatic nitrogens is 1. The Morgan fingerprint density at radius 2 is 1.95 bits per heavy atom. The molecule has 1 N–H and O–H groups in total. The number of thiophene rings is 1. The largest absolute Gasteiger partial charge is 0.497 e. The summed E-state index contributed by atoms with van der Waals surface area (Å²) in [5, 5.41) is 22.5. The number of thiocarbonyl (C=S) groups is 1. The van der Waals surface area contributed by atoms with E-state index in [0.717, 1.165) is 15.0 Å². The molecule has 1 fully saturated rings. The normalized spacial score (nSPS) is 14.2. The molecule has 0 saturated carbocycles. The molecule has 1 amide bonds. The summed E-state index contributed by atoms with van der Waals surface area (Å²) in [6, 6.07) is 13.0. The number of ketones is 1. The number of carbonyl (C=O) groups is 2. The Morgan fingerprint density at radius 1 is 1.21 bits per heavy atom. The van der Waals surface area contributed by atoms with Gasteiger partial charge in [0.15, 0.2) is 5.78 Å². The number of pyridine rings is 1. The lowest BCUT2D eigenvalue weighted by molar-refractivity contribution is -0.122. The third kappa shape index (κ3) is 6.14. The summed E-state index contributed by atoms with van der Waals surface area (Å²) in [5.41, 5.74) is 0.166. The van der Waals surface area contributed by atoms with Crippen molar-refractivity contribution in [1.82, 2.24) is 9.47 Å². The molecule has 1 aliphatic rings. The Morgan fingerprint density at radius 3 is 2.59 bits per heavy atom. The number of hydrogen-bond acceptors (Lipinski definition) is 9. The topological polar surface area (TPSA) is 113 Å². The van der Waals surface area contributed by atoms with Crippen molar-refractivity contribution in [3.05, 3.63) is 84.2 Å². The van der Waals surface area contributed by atoms with E-state index in [1.165, 1.54) is 34.9 Å². The average Bonchev–Trinajstić information content (AvgIpc) is 3.52. The van der Waals surface area contributed by atoms with Crippen LogP contribution < -0.4 is 10.3 Å². The van der Waals surface area contributed by atoms with Gasteiger partial charge in [0.1, 0.15) is 21.7 Å². The highest BCUT2D eigenvalue weighted by molar-refractivity contribution is 8.26. The van der Waals surface area contributed by atoms with Gasteiger partial charge in [-0.2, -0.15) is 5.26 Å². The molecule has 1 aliphatic heterocycles. The molecule has 0 aliphatic carbocycles. The molecule has 0 spiro atoms. The molecule has 11 heteroatoms. The number of benzene rings is 1. The molecule has 3 aromatic rings. The predicted molar refractivity (Wildman–Crippen MR) is 156 cm³/mol. The lowest BCUT2D eigenvalue weighted by Crippen LogP contribution is -2.30. The Bertz CT molecular complexity index is 1550. The van der Waals surface area contributed by atoms with E-state index in [2.05, 4.69) is 0 Å². The number of Topliss-reactive ketones (excluding diaryl/α,β-unsaturated/α-hetero) is 1. The van der Waals surface area contributed by atoms with Gasteiger partial charge in [0.05, 0.1) is 17.6 Å². The van der Waals surface area contributed by atoms with Gasteiger partial charge >= 0.3 is 0 Å². The van der Waals surface area contributed by atoms with Crippen LogP contribution in [0.5, 0.6) is 11.6 Å². The zero-order valence-electron chi connectivity index (χ0n) is 21.3. The van der Waals surface area contributed by atoms with Crippen LogP contribution in [-0.2, 0) is 17.8 Å². The number of ether oxygens (including phenoxy) is 1. The quantitative estimate of drug-likeness (QED) is 0.205. The third-order valence-corrected chi connectivity index (χ3v) is 8.53. The van der Waals surface area contributed by atoms with Crippen molar-refractivity contribution < 1.29 is 19.4 Å². The summed E-state index contributed by atoms with van der Waals surface area (Å²) in [4.78, 5) is 41.9. The molecule has 4 rings (SSSR count). The second-order valence-corrected chi connectivity index (χ2v) is 11.4. The van der Waals surface area contributed by atoms with Gasteiger partial charge in [0, 0.05) is 24.4 Å². The fraction of sp³-hybridized carbons (Fsp3) is 0.250. The van der Waals surface area contributed by atoms with Crippen LogP contribution in [0.2, 0.25) is 0 Å². The van der Waals surface area contributed by atoms with Gasteiger partial charge in [0.25, 0.3) is 11.5 Å².